The second kappa shape index (κ2) is 7.39. The van der Waals surface area contributed by atoms with Crippen molar-refractivity contribution in [2.24, 2.45) is 0 Å². The van der Waals surface area contributed by atoms with Crippen molar-refractivity contribution in [1.29, 1.82) is 0 Å². The van der Waals surface area contributed by atoms with Crippen LogP contribution in [0, 0.1) is 0 Å². The minimum Gasteiger partial charge on any atom is -0.494 e. The Balaban J connectivity index is 2.89. The Morgan fingerprint density at radius 1 is 1.33 bits per heavy atom. The molecule has 0 bridgehead atoms. The molecule has 0 heterocycles. The predicted octanol–water partition coefficient (Wildman–Crippen LogP) is 0.588. The number of aliphatic carboxylic acids is 1. The fourth-order valence-electron chi connectivity index (χ4n) is 1.53. The molecule has 0 radical (unpaired) electrons. The van der Waals surface area contributed by atoms with Crippen molar-refractivity contribution in [2.45, 2.75) is 37.3 Å². The first-order chi connectivity index (χ1) is 9.77. The summed E-state index contributed by atoms with van der Waals surface area (Å²) in [5.41, 5.74) is 0. The van der Waals surface area contributed by atoms with Crippen LogP contribution in [0.2, 0.25) is 0 Å². The molecule has 0 aromatic heterocycles. The average molecular weight is 317 g/mol. The van der Waals surface area contributed by atoms with E-state index in [9.17, 15) is 18.3 Å². The van der Waals surface area contributed by atoms with Crippen LogP contribution in [0.1, 0.15) is 20.3 Å². The number of carboxylic acid groups (broad SMARTS) is 1. The summed E-state index contributed by atoms with van der Waals surface area (Å²) in [5.74, 6) is -0.919. The Hall–Kier alpha value is -1.64. The number of sulfonamides is 1. The summed E-state index contributed by atoms with van der Waals surface area (Å²) in [7, 11) is -4.03. The molecule has 0 saturated heterocycles. The second-order valence-corrected chi connectivity index (χ2v) is 6.21. The number of carboxylic acids is 1. The Morgan fingerprint density at radius 2 is 1.90 bits per heavy atom. The minimum atomic E-state index is -4.03. The molecule has 0 spiro atoms. The number of benzene rings is 1. The lowest BCUT2D eigenvalue weighted by molar-refractivity contribution is -0.141. The summed E-state index contributed by atoms with van der Waals surface area (Å²) in [6.07, 6.45) is -0.527. The molecule has 21 heavy (non-hydrogen) atoms. The summed E-state index contributed by atoms with van der Waals surface area (Å²) < 4.78 is 31.4. The maximum atomic E-state index is 12.1. The molecule has 0 aliphatic heterocycles. The van der Waals surface area contributed by atoms with Gasteiger partial charge >= 0.3 is 5.97 Å². The zero-order chi connectivity index (χ0) is 16.0. The molecule has 1 rings (SSSR count). The van der Waals surface area contributed by atoms with Crippen LogP contribution in [-0.4, -0.2) is 43.4 Å². The molecule has 1 aromatic rings. The maximum absolute atomic E-state index is 12.1. The topological polar surface area (TPSA) is 113 Å². The van der Waals surface area contributed by atoms with Crippen LogP contribution in [0.4, 0.5) is 0 Å². The minimum absolute atomic E-state index is 0.0988. The number of hydrogen-bond donors (Lipinski definition) is 3. The van der Waals surface area contributed by atoms with E-state index in [0.29, 0.717) is 12.4 Å². The van der Waals surface area contributed by atoms with Crippen LogP contribution in [0.5, 0.6) is 5.75 Å². The van der Waals surface area contributed by atoms with Gasteiger partial charge in [0.15, 0.2) is 0 Å². The molecule has 0 saturated carbocycles. The molecule has 0 unspecified atom stereocenters. The van der Waals surface area contributed by atoms with Crippen molar-refractivity contribution >= 4 is 16.0 Å². The third-order valence-electron chi connectivity index (χ3n) is 2.64. The fourth-order valence-corrected chi connectivity index (χ4v) is 2.79. The average Bonchev–Trinajstić information content (AvgIpc) is 2.42. The Labute approximate surface area is 123 Å². The van der Waals surface area contributed by atoms with Gasteiger partial charge in [-0.3, -0.25) is 4.79 Å². The van der Waals surface area contributed by atoms with E-state index in [4.69, 9.17) is 9.84 Å². The van der Waals surface area contributed by atoms with Gasteiger partial charge in [0.1, 0.15) is 11.8 Å². The summed E-state index contributed by atoms with van der Waals surface area (Å²) in [6, 6.07) is 4.00. The highest BCUT2D eigenvalue weighted by molar-refractivity contribution is 7.89. The Morgan fingerprint density at radius 3 is 2.33 bits per heavy atom. The van der Waals surface area contributed by atoms with E-state index >= 15 is 0 Å². The molecule has 3 N–H and O–H groups in total. The zero-order valence-corrected chi connectivity index (χ0v) is 12.6. The van der Waals surface area contributed by atoms with Crippen molar-refractivity contribution in [2.75, 3.05) is 6.61 Å². The highest BCUT2D eigenvalue weighted by atomic mass is 32.2. The number of aliphatic hydroxyl groups is 1. The molecule has 2 atom stereocenters. The van der Waals surface area contributed by atoms with E-state index in [0.717, 1.165) is 6.42 Å². The van der Waals surface area contributed by atoms with Crippen LogP contribution < -0.4 is 9.46 Å². The van der Waals surface area contributed by atoms with Gasteiger partial charge in [-0.25, -0.2) is 8.42 Å². The van der Waals surface area contributed by atoms with E-state index in [-0.39, 0.29) is 4.90 Å². The van der Waals surface area contributed by atoms with Gasteiger partial charge in [-0.2, -0.15) is 4.72 Å². The molecule has 7 nitrogen and oxygen atoms in total. The van der Waals surface area contributed by atoms with E-state index < -0.39 is 28.1 Å². The molecule has 0 amide bonds. The standard InChI is InChI=1S/C13H19NO6S/c1-3-8-20-10-4-6-11(7-5-10)21(18,19)14-12(9(2)15)13(16)17/h4-7,9,12,14-15H,3,8H2,1-2H3,(H,16,17)/t9-,12+/m1/s1. The van der Waals surface area contributed by atoms with Crippen LogP contribution in [0.3, 0.4) is 0 Å². The molecule has 0 aliphatic rings. The molecule has 0 fully saturated rings. The van der Waals surface area contributed by atoms with Crippen LogP contribution >= 0.6 is 0 Å². The summed E-state index contributed by atoms with van der Waals surface area (Å²) in [5, 5.41) is 18.2. The monoisotopic (exact) mass is 317 g/mol. The third-order valence-corrected chi connectivity index (χ3v) is 4.09. The molecular formula is C13H19NO6S. The lowest BCUT2D eigenvalue weighted by Gasteiger charge is -2.17. The maximum Gasteiger partial charge on any atom is 0.324 e. The van der Waals surface area contributed by atoms with Gasteiger partial charge in [-0.15, -0.1) is 0 Å². The molecule has 118 valence electrons. The first-order valence-corrected chi connectivity index (χ1v) is 7.92. The van der Waals surface area contributed by atoms with Gasteiger partial charge in [0.2, 0.25) is 10.0 Å². The Bertz CT molecular complexity index is 567. The lowest BCUT2D eigenvalue weighted by atomic mass is 10.2. The summed E-state index contributed by atoms with van der Waals surface area (Å²) in [6.45, 7) is 3.67. The van der Waals surface area contributed by atoms with Crippen molar-refractivity contribution < 1.29 is 28.2 Å². The summed E-state index contributed by atoms with van der Waals surface area (Å²) in [4.78, 5) is 10.8. The van der Waals surface area contributed by atoms with Crippen molar-refractivity contribution in [3.8, 4) is 5.75 Å². The van der Waals surface area contributed by atoms with Gasteiger partial charge in [0.05, 0.1) is 17.6 Å². The highest BCUT2D eigenvalue weighted by Gasteiger charge is 2.29. The van der Waals surface area contributed by atoms with E-state index in [1.54, 1.807) is 0 Å². The number of rotatable bonds is 8. The van der Waals surface area contributed by atoms with Gasteiger partial charge in [-0.1, -0.05) is 6.92 Å². The number of aliphatic hydroxyl groups excluding tert-OH is 1. The molecule has 1 aromatic carbocycles. The number of carbonyl (C=O) groups is 1. The van der Waals surface area contributed by atoms with Gasteiger partial charge in [0.25, 0.3) is 0 Å². The van der Waals surface area contributed by atoms with Gasteiger partial charge in [0, 0.05) is 0 Å². The highest BCUT2D eigenvalue weighted by Crippen LogP contribution is 2.16. The smallest absolute Gasteiger partial charge is 0.324 e. The molecule has 0 aliphatic carbocycles. The quantitative estimate of drug-likeness (QED) is 0.647. The second-order valence-electron chi connectivity index (χ2n) is 4.50. The number of ether oxygens (including phenoxy) is 1. The predicted molar refractivity (Wildman–Crippen MR) is 75.7 cm³/mol. The lowest BCUT2D eigenvalue weighted by Crippen LogP contribution is -2.47. The Kier molecular flexibility index (Phi) is 6.13. The number of hydrogen-bond acceptors (Lipinski definition) is 5. The van der Waals surface area contributed by atoms with Crippen molar-refractivity contribution in [3.63, 3.8) is 0 Å². The van der Waals surface area contributed by atoms with E-state index in [1.165, 1.54) is 31.2 Å². The third kappa shape index (κ3) is 5.00. The van der Waals surface area contributed by atoms with Crippen LogP contribution in [0.25, 0.3) is 0 Å². The van der Waals surface area contributed by atoms with Gasteiger partial charge in [-0.05, 0) is 37.6 Å². The summed E-state index contributed by atoms with van der Waals surface area (Å²) >= 11 is 0. The number of nitrogens with one attached hydrogen (secondary N) is 1. The van der Waals surface area contributed by atoms with Crippen molar-refractivity contribution in [1.82, 2.24) is 4.72 Å². The van der Waals surface area contributed by atoms with E-state index in [1.807, 2.05) is 11.6 Å². The van der Waals surface area contributed by atoms with E-state index in [2.05, 4.69) is 0 Å². The largest absolute Gasteiger partial charge is 0.494 e. The zero-order valence-electron chi connectivity index (χ0n) is 11.8. The fraction of sp³-hybridized carbons (Fsp3) is 0.462. The molecular weight excluding hydrogens is 298 g/mol. The first kappa shape index (κ1) is 17.4. The van der Waals surface area contributed by atoms with Gasteiger partial charge < -0.3 is 14.9 Å². The van der Waals surface area contributed by atoms with Crippen molar-refractivity contribution in [3.05, 3.63) is 24.3 Å². The molecule has 8 heteroatoms. The van der Waals surface area contributed by atoms with Crippen LogP contribution in [-0.2, 0) is 14.8 Å². The first-order valence-electron chi connectivity index (χ1n) is 6.44. The van der Waals surface area contributed by atoms with Crippen LogP contribution in [0.15, 0.2) is 29.2 Å². The SMILES string of the molecule is CCCOc1ccc(S(=O)(=O)N[C@H](C(=O)O)[C@@H](C)O)cc1. The normalized spacial score (nSPS) is 14.4.